The van der Waals surface area contributed by atoms with Gasteiger partial charge in [-0.2, -0.15) is 0 Å². The van der Waals surface area contributed by atoms with E-state index in [4.69, 9.17) is 5.73 Å². The maximum Gasteiger partial charge on any atom is 0.252 e. The summed E-state index contributed by atoms with van der Waals surface area (Å²) in [4.78, 5) is 15.0. The third-order valence-electron chi connectivity index (χ3n) is 1.62. The summed E-state index contributed by atoms with van der Waals surface area (Å²) in [5.74, 6) is -0.172. The second kappa shape index (κ2) is 3.21. The van der Waals surface area contributed by atoms with Crippen LogP contribution in [0.4, 0.5) is 5.69 Å². The van der Waals surface area contributed by atoms with Gasteiger partial charge >= 0.3 is 0 Å². The first-order valence-corrected chi connectivity index (χ1v) is 3.59. The van der Waals surface area contributed by atoms with Gasteiger partial charge in [0.05, 0.1) is 16.9 Å². The Morgan fingerprint density at radius 2 is 2.33 bits per heavy atom. The van der Waals surface area contributed by atoms with Crippen LogP contribution in [0.1, 0.15) is 16.1 Å². The molecule has 0 saturated heterocycles. The Kier molecular flexibility index (Phi) is 2.28. The molecule has 4 heteroatoms. The highest BCUT2D eigenvalue weighted by Crippen LogP contribution is 2.08. The number of nitrogens with zero attached hydrogens (tertiary/aromatic N) is 1. The van der Waals surface area contributed by atoms with Gasteiger partial charge in [0, 0.05) is 13.2 Å². The largest absolute Gasteiger partial charge is 0.397 e. The van der Waals surface area contributed by atoms with E-state index in [0.29, 0.717) is 11.3 Å². The molecule has 0 aliphatic heterocycles. The van der Waals surface area contributed by atoms with Gasteiger partial charge in [0.25, 0.3) is 5.91 Å². The van der Waals surface area contributed by atoms with Gasteiger partial charge in [0.2, 0.25) is 0 Å². The van der Waals surface area contributed by atoms with Crippen LogP contribution in [-0.4, -0.2) is 17.9 Å². The van der Waals surface area contributed by atoms with Crippen molar-refractivity contribution in [3.8, 4) is 0 Å². The van der Waals surface area contributed by atoms with Crippen molar-refractivity contribution >= 4 is 11.6 Å². The minimum absolute atomic E-state index is 0.172. The molecule has 1 rings (SSSR count). The number of aryl methyl sites for hydroxylation is 1. The van der Waals surface area contributed by atoms with Crippen LogP contribution in [-0.2, 0) is 0 Å². The van der Waals surface area contributed by atoms with E-state index in [1.807, 2.05) is 0 Å². The number of rotatable bonds is 1. The van der Waals surface area contributed by atoms with Crippen molar-refractivity contribution in [1.29, 1.82) is 0 Å². The molecule has 1 heterocycles. The van der Waals surface area contributed by atoms with Crippen molar-refractivity contribution in [2.75, 3.05) is 12.8 Å². The van der Waals surface area contributed by atoms with Crippen LogP contribution in [0.25, 0.3) is 0 Å². The van der Waals surface area contributed by atoms with E-state index in [1.165, 1.54) is 6.20 Å². The number of nitrogens with two attached hydrogens (primary N) is 1. The second-order valence-corrected chi connectivity index (χ2v) is 2.48. The van der Waals surface area contributed by atoms with E-state index in [2.05, 4.69) is 10.3 Å². The second-order valence-electron chi connectivity index (χ2n) is 2.48. The van der Waals surface area contributed by atoms with E-state index in [0.717, 1.165) is 5.69 Å². The Hall–Kier alpha value is -1.58. The fourth-order valence-corrected chi connectivity index (χ4v) is 0.819. The molecule has 64 valence electrons. The van der Waals surface area contributed by atoms with E-state index < -0.39 is 0 Å². The lowest BCUT2D eigenvalue weighted by atomic mass is 10.2. The molecule has 1 aromatic rings. The normalized spacial score (nSPS) is 9.50. The van der Waals surface area contributed by atoms with Gasteiger partial charge in [-0.25, -0.2) is 0 Å². The number of nitrogen functional groups attached to an aromatic ring is 1. The predicted molar refractivity (Wildman–Crippen MR) is 46.8 cm³/mol. The Balaban J connectivity index is 3.05. The molecule has 1 aromatic heterocycles. The number of aromatic nitrogens is 1. The lowest BCUT2D eigenvalue weighted by Gasteiger charge is -2.02. The zero-order valence-electron chi connectivity index (χ0n) is 7.09. The maximum atomic E-state index is 11.1. The van der Waals surface area contributed by atoms with Crippen molar-refractivity contribution in [3.63, 3.8) is 0 Å². The molecule has 0 fully saturated rings. The zero-order chi connectivity index (χ0) is 9.14. The van der Waals surface area contributed by atoms with E-state index in [-0.39, 0.29) is 5.91 Å². The Morgan fingerprint density at radius 1 is 1.67 bits per heavy atom. The number of nitrogens with one attached hydrogen (secondary N) is 1. The minimum atomic E-state index is -0.172. The fraction of sp³-hybridized carbons (Fsp3) is 0.250. The highest BCUT2D eigenvalue weighted by atomic mass is 16.1. The summed E-state index contributed by atoms with van der Waals surface area (Å²) in [6.07, 6.45) is 1.50. The smallest absolute Gasteiger partial charge is 0.252 e. The summed E-state index contributed by atoms with van der Waals surface area (Å²) in [6.45, 7) is 1.79. The number of carbonyl (C=O) groups is 1. The lowest BCUT2D eigenvalue weighted by molar-refractivity contribution is 0.0963. The molecule has 0 spiro atoms. The van der Waals surface area contributed by atoms with Crippen LogP contribution >= 0.6 is 0 Å². The molecule has 1 amide bonds. The van der Waals surface area contributed by atoms with Gasteiger partial charge in [-0.05, 0) is 13.0 Å². The molecule has 0 aromatic carbocycles. The highest BCUT2D eigenvalue weighted by molar-refractivity contribution is 5.94. The molecule has 3 N–H and O–H groups in total. The van der Waals surface area contributed by atoms with Crippen molar-refractivity contribution in [3.05, 3.63) is 23.5 Å². The maximum absolute atomic E-state index is 11.1. The summed E-state index contributed by atoms with van der Waals surface area (Å²) in [7, 11) is 1.57. The van der Waals surface area contributed by atoms with Crippen molar-refractivity contribution < 1.29 is 4.79 Å². The lowest BCUT2D eigenvalue weighted by Crippen LogP contribution is -2.18. The van der Waals surface area contributed by atoms with Crippen LogP contribution in [0.3, 0.4) is 0 Å². The van der Waals surface area contributed by atoms with Crippen molar-refractivity contribution in [2.24, 2.45) is 0 Å². The summed E-state index contributed by atoms with van der Waals surface area (Å²) >= 11 is 0. The van der Waals surface area contributed by atoms with Gasteiger partial charge in [-0.3, -0.25) is 9.78 Å². The summed E-state index contributed by atoms with van der Waals surface area (Å²) in [5, 5.41) is 2.49. The molecule has 0 unspecified atom stereocenters. The monoisotopic (exact) mass is 165 g/mol. The average Bonchev–Trinajstić information content (AvgIpc) is 2.08. The first kappa shape index (κ1) is 8.52. The third kappa shape index (κ3) is 1.53. The fourth-order valence-electron chi connectivity index (χ4n) is 0.819. The van der Waals surface area contributed by atoms with Crippen molar-refractivity contribution in [2.45, 2.75) is 6.92 Å². The number of amides is 1. The predicted octanol–water partition coefficient (Wildman–Crippen LogP) is 0.332. The van der Waals surface area contributed by atoms with Gasteiger partial charge < -0.3 is 11.1 Å². The Bertz CT molecular complexity index is 309. The molecule has 12 heavy (non-hydrogen) atoms. The average molecular weight is 165 g/mol. The van der Waals surface area contributed by atoms with E-state index in [1.54, 1.807) is 20.0 Å². The molecule has 0 radical (unpaired) electrons. The van der Waals surface area contributed by atoms with Crippen LogP contribution in [0.5, 0.6) is 0 Å². The van der Waals surface area contributed by atoms with Gasteiger partial charge in [-0.15, -0.1) is 0 Å². The zero-order valence-corrected chi connectivity index (χ0v) is 7.09. The van der Waals surface area contributed by atoms with Crippen LogP contribution in [0.15, 0.2) is 12.3 Å². The van der Waals surface area contributed by atoms with Gasteiger partial charge in [0.1, 0.15) is 0 Å². The van der Waals surface area contributed by atoms with Crippen LogP contribution in [0.2, 0.25) is 0 Å². The van der Waals surface area contributed by atoms with Crippen molar-refractivity contribution in [1.82, 2.24) is 10.3 Å². The molecule has 0 saturated carbocycles. The molecule has 0 bridgehead atoms. The number of pyridine rings is 1. The summed E-state index contributed by atoms with van der Waals surface area (Å²) in [5.41, 5.74) is 7.33. The quantitative estimate of drug-likeness (QED) is 0.630. The Labute approximate surface area is 70.8 Å². The number of hydrogen-bond acceptors (Lipinski definition) is 3. The first-order chi connectivity index (χ1) is 5.65. The van der Waals surface area contributed by atoms with Crippen LogP contribution in [0, 0.1) is 6.92 Å². The SMILES string of the molecule is CNC(=O)c1cnc(C)c(N)c1. The van der Waals surface area contributed by atoms with Gasteiger partial charge in [0.15, 0.2) is 0 Å². The van der Waals surface area contributed by atoms with Crippen LogP contribution < -0.4 is 11.1 Å². The Morgan fingerprint density at radius 3 is 2.83 bits per heavy atom. The standard InChI is InChI=1S/C8H11N3O/c1-5-7(9)3-6(4-11-5)8(12)10-2/h3-4H,9H2,1-2H3,(H,10,12). The minimum Gasteiger partial charge on any atom is -0.397 e. The molecule has 0 aliphatic carbocycles. The molecular weight excluding hydrogens is 154 g/mol. The number of anilines is 1. The number of hydrogen-bond donors (Lipinski definition) is 2. The molecule has 0 aliphatic rings. The molecule has 0 atom stereocenters. The van der Waals surface area contributed by atoms with E-state index in [9.17, 15) is 4.79 Å². The number of carbonyl (C=O) groups excluding carboxylic acids is 1. The topological polar surface area (TPSA) is 68.0 Å². The molecule has 4 nitrogen and oxygen atoms in total. The highest BCUT2D eigenvalue weighted by Gasteiger charge is 2.04. The molecular formula is C8H11N3O. The first-order valence-electron chi connectivity index (χ1n) is 3.59. The third-order valence-corrected chi connectivity index (χ3v) is 1.62. The summed E-state index contributed by atoms with van der Waals surface area (Å²) < 4.78 is 0. The van der Waals surface area contributed by atoms with Gasteiger partial charge in [-0.1, -0.05) is 0 Å². The van der Waals surface area contributed by atoms with E-state index >= 15 is 0 Å². The summed E-state index contributed by atoms with van der Waals surface area (Å²) in [6, 6.07) is 1.61.